The second-order valence-corrected chi connectivity index (χ2v) is 6.22. The molecule has 4 heteroatoms. The number of aliphatic hydroxyl groups is 1. The number of amides is 1. The van der Waals surface area contributed by atoms with E-state index in [1.807, 2.05) is 4.90 Å². The van der Waals surface area contributed by atoms with Crippen LogP contribution in [0.3, 0.4) is 0 Å². The molecule has 1 aliphatic heterocycles. The average Bonchev–Trinajstić information content (AvgIpc) is 3.23. The van der Waals surface area contributed by atoms with Gasteiger partial charge in [0, 0.05) is 31.6 Å². The predicted molar refractivity (Wildman–Crippen MR) is 75.9 cm³/mol. The number of hydrogen-bond donors (Lipinski definition) is 2. The summed E-state index contributed by atoms with van der Waals surface area (Å²) in [7, 11) is 0. The number of carbonyl (C=O) groups is 1. The lowest BCUT2D eigenvalue weighted by Gasteiger charge is -2.39. The highest BCUT2D eigenvalue weighted by Gasteiger charge is 2.36. The lowest BCUT2D eigenvalue weighted by atomic mass is 9.90. The van der Waals surface area contributed by atoms with Crippen LogP contribution in [0.5, 0.6) is 0 Å². The summed E-state index contributed by atoms with van der Waals surface area (Å²) in [5.41, 5.74) is -0.604. The molecule has 2 rings (SSSR count). The molecule has 1 aliphatic carbocycles. The largest absolute Gasteiger partial charge is 0.388 e. The summed E-state index contributed by atoms with van der Waals surface area (Å²) in [6.07, 6.45) is 5.74. The van der Waals surface area contributed by atoms with Gasteiger partial charge in [-0.2, -0.15) is 0 Å². The van der Waals surface area contributed by atoms with E-state index >= 15 is 0 Å². The van der Waals surface area contributed by atoms with E-state index in [2.05, 4.69) is 19.2 Å². The SMILES string of the molecule is CCC(CC)C(=O)N1CCC(O)(CNC2CC2)CC1. The summed E-state index contributed by atoms with van der Waals surface area (Å²) in [6, 6.07) is 0.633. The molecule has 2 N–H and O–H groups in total. The lowest BCUT2D eigenvalue weighted by Crippen LogP contribution is -2.52. The summed E-state index contributed by atoms with van der Waals surface area (Å²) < 4.78 is 0. The van der Waals surface area contributed by atoms with Crippen LogP contribution >= 0.6 is 0 Å². The van der Waals surface area contributed by atoms with Crippen molar-refractivity contribution in [2.24, 2.45) is 5.92 Å². The van der Waals surface area contributed by atoms with Crippen LogP contribution in [0.1, 0.15) is 52.4 Å². The first-order chi connectivity index (χ1) is 9.08. The summed E-state index contributed by atoms with van der Waals surface area (Å²) in [4.78, 5) is 14.2. The fraction of sp³-hybridized carbons (Fsp3) is 0.933. The third-order valence-corrected chi connectivity index (χ3v) is 4.64. The molecule has 1 saturated heterocycles. The first-order valence-corrected chi connectivity index (χ1v) is 7.82. The van der Waals surface area contributed by atoms with Crippen LogP contribution in [0.15, 0.2) is 0 Å². The van der Waals surface area contributed by atoms with Crippen molar-refractivity contribution in [3.63, 3.8) is 0 Å². The summed E-state index contributed by atoms with van der Waals surface area (Å²) >= 11 is 0. The molecule has 0 atom stereocenters. The Labute approximate surface area is 116 Å². The minimum absolute atomic E-state index is 0.163. The molecule has 1 saturated carbocycles. The van der Waals surface area contributed by atoms with Gasteiger partial charge in [0.1, 0.15) is 0 Å². The van der Waals surface area contributed by atoms with Gasteiger partial charge in [0.05, 0.1) is 5.60 Å². The van der Waals surface area contributed by atoms with Crippen molar-refractivity contribution in [1.29, 1.82) is 0 Å². The molecule has 1 amide bonds. The number of hydrogen-bond acceptors (Lipinski definition) is 3. The Balaban J connectivity index is 1.78. The Morgan fingerprint density at radius 1 is 1.32 bits per heavy atom. The van der Waals surface area contributed by atoms with Crippen LogP contribution in [-0.2, 0) is 4.79 Å². The van der Waals surface area contributed by atoms with Gasteiger partial charge in [0.2, 0.25) is 5.91 Å². The maximum absolute atomic E-state index is 12.3. The van der Waals surface area contributed by atoms with E-state index in [-0.39, 0.29) is 11.8 Å². The molecule has 0 aromatic rings. The highest BCUT2D eigenvalue weighted by atomic mass is 16.3. The summed E-state index contributed by atoms with van der Waals surface area (Å²) in [5.74, 6) is 0.443. The van der Waals surface area contributed by atoms with E-state index in [9.17, 15) is 9.90 Å². The quantitative estimate of drug-likeness (QED) is 0.768. The van der Waals surface area contributed by atoms with E-state index in [1.54, 1.807) is 0 Å². The molecule has 4 nitrogen and oxygen atoms in total. The third kappa shape index (κ3) is 3.93. The fourth-order valence-electron chi connectivity index (χ4n) is 2.84. The van der Waals surface area contributed by atoms with Crippen molar-refractivity contribution in [2.75, 3.05) is 19.6 Å². The van der Waals surface area contributed by atoms with E-state index in [1.165, 1.54) is 12.8 Å². The molecule has 0 aromatic heterocycles. The van der Waals surface area contributed by atoms with E-state index in [4.69, 9.17) is 0 Å². The van der Waals surface area contributed by atoms with Crippen molar-refractivity contribution >= 4 is 5.91 Å². The van der Waals surface area contributed by atoms with Crippen LogP contribution in [0.4, 0.5) is 0 Å². The molecule has 0 spiro atoms. The Morgan fingerprint density at radius 3 is 2.37 bits per heavy atom. The molecular weight excluding hydrogens is 240 g/mol. The molecule has 2 fully saturated rings. The van der Waals surface area contributed by atoms with E-state index in [0.717, 1.165) is 12.8 Å². The van der Waals surface area contributed by atoms with Gasteiger partial charge in [-0.3, -0.25) is 4.79 Å². The Bertz CT molecular complexity index is 303. The van der Waals surface area contributed by atoms with Gasteiger partial charge in [-0.1, -0.05) is 13.8 Å². The van der Waals surface area contributed by atoms with Crippen molar-refractivity contribution in [3.8, 4) is 0 Å². The smallest absolute Gasteiger partial charge is 0.225 e. The Kier molecular flexibility index (Phi) is 4.85. The van der Waals surface area contributed by atoms with E-state index in [0.29, 0.717) is 38.5 Å². The zero-order valence-corrected chi connectivity index (χ0v) is 12.3. The number of piperidine rings is 1. The molecule has 0 bridgehead atoms. The Morgan fingerprint density at radius 2 is 1.89 bits per heavy atom. The zero-order valence-electron chi connectivity index (χ0n) is 12.3. The molecule has 1 heterocycles. The van der Waals surface area contributed by atoms with Crippen LogP contribution in [-0.4, -0.2) is 47.2 Å². The molecular formula is C15H28N2O2. The zero-order chi connectivity index (χ0) is 13.9. The first-order valence-electron chi connectivity index (χ1n) is 7.82. The molecule has 0 radical (unpaired) electrons. The van der Waals surface area contributed by atoms with Gasteiger partial charge < -0.3 is 15.3 Å². The predicted octanol–water partition coefficient (Wildman–Crippen LogP) is 1.53. The minimum atomic E-state index is -0.604. The highest BCUT2D eigenvalue weighted by molar-refractivity contribution is 5.78. The summed E-state index contributed by atoms with van der Waals surface area (Å²) in [6.45, 7) is 6.25. The van der Waals surface area contributed by atoms with Gasteiger partial charge in [-0.25, -0.2) is 0 Å². The van der Waals surface area contributed by atoms with Crippen molar-refractivity contribution in [1.82, 2.24) is 10.2 Å². The molecule has 0 unspecified atom stereocenters. The normalized spacial score (nSPS) is 22.8. The number of carbonyl (C=O) groups excluding carboxylic acids is 1. The second-order valence-electron chi connectivity index (χ2n) is 6.22. The second kappa shape index (κ2) is 6.23. The lowest BCUT2D eigenvalue weighted by molar-refractivity contribution is -0.139. The molecule has 2 aliphatic rings. The van der Waals surface area contributed by atoms with Gasteiger partial charge in [-0.15, -0.1) is 0 Å². The maximum atomic E-state index is 12.3. The average molecular weight is 268 g/mol. The van der Waals surface area contributed by atoms with Crippen LogP contribution in [0.2, 0.25) is 0 Å². The van der Waals surface area contributed by atoms with Crippen molar-refractivity contribution in [2.45, 2.75) is 64.0 Å². The molecule has 0 aromatic carbocycles. The first kappa shape index (κ1) is 14.8. The Hall–Kier alpha value is -0.610. The van der Waals surface area contributed by atoms with Crippen LogP contribution in [0.25, 0.3) is 0 Å². The van der Waals surface area contributed by atoms with Crippen molar-refractivity contribution < 1.29 is 9.90 Å². The third-order valence-electron chi connectivity index (χ3n) is 4.64. The molecule has 19 heavy (non-hydrogen) atoms. The van der Waals surface area contributed by atoms with Crippen LogP contribution < -0.4 is 5.32 Å². The summed E-state index contributed by atoms with van der Waals surface area (Å²) in [5, 5.41) is 13.9. The van der Waals surface area contributed by atoms with Gasteiger partial charge >= 0.3 is 0 Å². The van der Waals surface area contributed by atoms with Gasteiger partial charge in [0.15, 0.2) is 0 Å². The monoisotopic (exact) mass is 268 g/mol. The minimum Gasteiger partial charge on any atom is -0.388 e. The van der Waals surface area contributed by atoms with Crippen LogP contribution in [0, 0.1) is 5.92 Å². The fourth-order valence-corrected chi connectivity index (χ4v) is 2.84. The topological polar surface area (TPSA) is 52.6 Å². The highest BCUT2D eigenvalue weighted by Crippen LogP contribution is 2.26. The van der Waals surface area contributed by atoms with Gasteiger partial charge in [-0.05, 0) is 38.5 Å². The number of rotatable bonds is 6. The standard InChI is InChI=1S/C15H28N2O2/c1-3-12(4-2)14(18)17-9-7-15(19,8-10-17)11-16-13-5-6-13/h12-13,16,19H,3-11H2,1-2H3. The number of nitrogens with one attached hydrogen (secondary N) is 1. The molecule has 110 valence electrons. The maximum Gasteiger partial charge on any atom is 0.225 e. The number of likely N-dealkylation sites (tertiary alicyclic amines) is 1. The number of nitrogens with zero attached hydrogens (tertiary/aromatic N) is 1. The van der Waals surface area contributed by atoms with Crippen molar-refractivity contribution in [3.05, 3.63) is 0 Å². The van der Waals surface area contributed by atoms with E-state index < -0.39 is 5.60 Å². The van der Waals surface area contributed by atoms with Gasteiger partial charge in [0.25, 0.3) is 0 Å².